The van der Waals surface area contributed by atoms with Crippen LogP contribution < -0.4 is 0 Å². The molecule has 3 saturated carbocycles. The third-order valence-electron chi connectivity index (χ3n) is 9.74. The van der Waals surface area contributed by atoms with Crippen molar-refractivity contribution in [3.8, 4) is 0 Å². The summed E-state index contributed by atoms with van der Waals surface area (Å²) in [7, 11) is 0. The van der Waals surface area contributed by atoms with Crippen LogP contribution in [0.1, 0.15) is 98.8 Å². The molecule has 0 aromatic rings. The van der Waals surface area contributed by atoms with Crippen LogP contribution in [-0.2, 0) is 0 Å². The van der Waals surface area contributed by atoms with Gasteiger partial charge in [0.15, 0.2) is 0 Å². The molecule has 7 atom stereocenters. The van der Waals surface area contributed by atoms with Crippen LogP contribution in [0.15, 0.2) is 11.6 Å². The number of rotatable bonds is 4. The van der Waals surface area contributed by atoms with E-state index in [0.717, 1.165) is 55.3 Å². The van der Waals surface area contributed by atoms with Gasteiger partial charge in [-0.2, -0.15) is 0 Å². The first-order valence-electron chi connectivity index (χ1n) is 12.1. The molecular weight excluding hydrogens is 344 g/mol. The van der Waals surface area contributed by atoms with Gasteiger partial charge in [0.1, 0.15) is 0 Å². The Morgan fingerprint density at radius 1 is 1.00 bits per heavy atom. The largest absolute Gasteiger partial charge is 0.393 e. The summed E-state index contributed by atoms with van der Waals surface area (Å²) in [5, 5.41) is 20.4. The van der Waals surface area contributed by atoms with Gasteiger partial charge >= 0.3 is 0 Å². The van der Waals surface area contributed by atoms with Gasteiger partial charge in [0.25, 0.3) is 0 Å². The highest BCUT2D eigenvalue weighted by Crippen LogP contribution is 2.66. The molecule has 0 bridgehead atoms. The maximum Gasteiger partial charge on any atom is 0.0592 e. The molecule has 0 aromatic carbocycles. The van der Waals surface area contributed by atoms with E-state index in [9.17, 15) is 10.2 Å². The Balaban J connectivity index is 1.52. The van der Waals surface area contributed by atoms with Gasteiger partial charge in [-0.25, -0.2) is 0 Å². The molecule has 4 aliphatic rings. The maximum atomic E-state index is 10.3. The van der Waals surface area contributed by atoms with Gasteiger partial charge in [0.05, 0.1) is 11.7 Å². The zero-order chi connectivity index (χ0) is 20.3. The fourth-order valence-electron chi connectivity index (χ4n) is 8.34. The topological polar surface area (TPSA) is 40.5 Å². The molecule has 0 aromatic heterocycles. The highest BCUT2D eigenvalue weighted by Gasteiger charge is 2.58. The monoisotopic (exact) mass is 388 g/mol. The van der Waals surface area contributed by atoms with Crippen LogP contribution in [0.5, 0.6) is 0 Å². The molecule has 0 heterocycles. The second-order valence-electron chi connectivity index (χ2n) is 12.5. The molecule has 2 nitrogen and oxygen atoms in total. The van der Waals surface area contributed by atoms with Crippen LogP contribution in [-0.4, -0.2) is 21.9 Å². The molecule has 4 rings (SSSR count). The van der Waals surface area contributed by atoms with Gasteiger partial charge in [-0.3, -0.25) is 0 Å². The second kappa shape index (κ2) is 7.12. The quantitative estimate of drug-likeness (QED) is 0.570. The van der Waals surface area contributed by atoms with E-state index >= 15 is 0 Å². The number of allylic oxidation sites excluding steroid dienone is 1. The Morgan fingerprint density at radius 3 is 2.46 bits per heavy atom. The zero-order valence-electron chi connectivity index (χ0n) is 19.0. The third kappa shape index (κ3) is 3.62. The number of hydrogen-bond acceptors (Lipinski definition) is 2. The average molecular weight is 389 g/mol. The van der Waals surface area contributed by atoms with E-state index in [2.05, 4.69) is 26.8 Å². The fraction of sp³-hybridized carbons (Fsp3) is 0.923. The van der Waals surface area contributed by atoms with E-state index in [0.29, 0.717) is 10.8 Å². The minimum Gasteiger partial charge on any atom is -0.393 e. The summed E-state index contributed by atoms with van der Waals surface area (Å²) < 4.78 is 0. The number of fused-ring (bicyclic) bond motifs is 5. The predicted molar refractivity (Wildman–Crippen MR) is 116 cm³/mol. The van der Waals surface area contributed by atoms with Crippen molar-refractivity contribution in [3.63, 3.8) is 0 Å². The van der Waals surface area contributed by atoms with Crippen molar-refractivity contribution in [1.82, 2.24) is 0 Å². The summed E-state index contributed by atoms with van der Waals surface area (Å²) in [6.07, 6.45) is 14.5. The molecule has 0 saturated heterocycles. The summed E-state index contributed by atoms with van der Waals surface area (Å²) in [5.74, 6) is 4.18. The lowest BCUT2D eigenvalue weighted by atomic mass is 9.49. The van der Waals surface area contributed by atoms with E-state index in [-0.39, 0.29) is 6.10 Å². The Hall–Kier alpha value is -0.340. The highest BCUT2D eigenvalue weighted by molar-refractivity contribution is 5.20. The minimum atomic E-state index is -0.552. The van der Waals surface area contributed by atoms with Crippen molar-refractivity contribution < 1.29 is 10.2 Å². The van der Waals surface area contributed by atoms with Crippen LogP contribution in [0.25, 0.3) is 0 Å². The lowest BCUT2D eigenvalue weighted by molar-refractivity contribution is -0.0518. The Kier molecular flexibility index (Phi) is 5.32. The maximum absolute atomic E-state index is 10.3. The Morgan fingerprint density at radius 2 is 1.75 bits per heavy atom. The van der Waals surface area contributed by atoms with Crippen molar-refractivity contribution in [1.29, 1.82) is 0 Å². The fourth-order valence-corrected chi connectivity index (χ4v) is 8.34. The number of aliphatic hydroxyl groups is 2. The summed E-state index contributed by atoms with van der Waals surface area (Å²) in [6, 6.07) is 0. The lowest BCUT2D eigenvalue weighted by Crippen LogP contribution is -2.48. The van der Waals surface area contributed by atoms with Gasteiger partial charge in [0.2, 0.25) is 0 Å². The smallest absolute Gasteiger partial charge is 0.0592 e. The molecule has 0 amide bonds. The van der Waals surface area contributed by atoms with Crippen molar-refractivity contribution in [3.05, 3.63) is 11.6 Å². The normalized spacial score (nSPS) is 43.8. The summed E-state index contributed by atoms with van der Waals surface area (Å²) in [4.78, 5) is 0. The summed E-state index contributed by atoms with van der Waals surface area (Å²) in [5.41, 5.74) is 1.83. The Bertz CT molecular complexity index is 612. The first-order chi connectivity index (χ1) is 13.0. The van der Waals surface area contributed by atoms with Crippen LogP contribution in [0.3, 0.4) is 0 Å². The average Bonchev–Trinajstić information content (AvgIpc) is 2.97. The highest BCUT2D eigenvalue weighted by atomic mass is 16.3. The standard InChI is InChI=1S/C26H44O2/c1-24(2,14-15-25(3,4)28)23-11-10-22-21-8-6-17-16-18(27)7-9-19(17)20(21)12-13-26(22,23)5/h6,18-23,27-28H,7-16H2,1-5H3/t18-,19-,20?,21?,22?,23+,26-/m0/s1. The zero-order valence-corrected chi connectivity index (χ0v) is 19.0. The van der Waals surface area contributed by atoms with E-state index in [4.69, 9.17) is 0 Å². The SMILES string of the molecule is CC(C)(O)CCC(C)(C)[C@H]1CCC2C3CC=C4C[C@@H](O)CC[C@@H]4C3CC[C@@]21C. The first kappa shape index (κ1) is 20.9. The first-order valence-corrected chi connectivity index (χ1v) is 12.1. The van der Waals surface area contributed by atoms with E-state index in [1.807, 2.05) is 13.8 Å². The van der Waals surface area contributed by atoms with Crippen LogP contribution >= 0.6 is 0 Å². The molecule has 0 aliphatic heterocycles. The van der Waals surface area contributed by atoms with Crippen molar-refractivity contribution >= 4 is 0 Å². The third-order valence-corrected chi connectivity index (χ3v) is 9.74. The van der Waals surface area contributed by atoms with Crippen LogP contribution in [0.4, 0.5) is 0 Å². The van der Waals surface area contributed by atoms with E-state index < -0.39 is 5.60 Å². The molecule has 160 valence electrons. The molecule has 2 N–H and O–H groups in total. The van der Waals surface area contributed by atoms with Crippen molar-refractivity contribution in [2.24, 2.45) is 40.4 Å². The molecule has 2 heteroatoms. The predicted octanol–water partition coefficient (Wildman–Crippen LogP) is 6.11. The Labute approximate surface area is 173 Å². The van der Waals surface area contributed by atoms with E-state index in [1.165, 1.54) is 38.5 Å². The van der Waals surface area contributed by atoms with E-state index in [1.54, 1.807) is 5.57 Å². The summed E-state index contributed by atoms with van der Waals surface area (Å²) in [6.45, 7) is 11.5. The second-order valence-corrected chi connectivity index (χ2v) is 12.5. The van der Waals surface area contributed by atoms with Crippen LogP contribution in [0.2, 0.25) is 0 Å². The van der Waals surface area contributed by atoms with Gasteiger partial charge < -0.3 is 10.2 Å². The van der Waals surface area contributed by atoms with Gasteiger partial charge in [-0.15, -0.1) is 0 Å². The van der Waals surface area contributed by atoms with Gasteiger partial charge in [-0.1, -0.05) is 32.4 Å². The van der Waals surface area contributed by atoms with Gasteiger partial charge in [0, 0.05) is 0 Å². The molecule has 4 aliphatic carbocycles. The molecule has 3 fully saturated rings. The molecule has 0 spiro atoms. The number of aliphatic hydroxyl groups excluding tert-OH is 1. The number of hydrogen-bond donors (Lipinski definition) is 2. The molecular formula is C26H44O2. The van der Waals surface area contributed by atoms with Crippen molar-refractivity contribution in [2.45, 2.75) is 111 Å². The molecule has 3 unspecified atom stereocenters. The molecule has 28 heavy (non-hydrogen) atoms. The lowest BCUT2D eigenvalue weighted by Gasteiger charge is -2.55. The van der Waals surface area contributed by atoms with Crippen LogP contribution in [0, 0.1) is 40.4 Å². The summed E-state index contributed by atoms with van der Waals surface area (Å²) >= 11 is 0. The van der Waals surface area contributed by atoms with Gasteiger partial charge in [-0.05, 0) is 118 Å². The minimum absolute atomic E-state index is 0.0830. The molecule has 0 radical (unpaired) electrons. The van der Waals surface area contributed by atoms with Crippen molar-refractivity contribution in [2.75, 3.05) is 0 Å².